The Morgan fingerprint density at radius 2 is 1.94 bits per heavy atom. The zero-order valence-corrected chi connectivity index (χ0v) is 10.5. The number of amides is 2. The third kappa shape index (κ3) is 4.44. The number of hydrogen-bond acceptors (Lipinski definition) is 2. The SMILES string of the molecule is CC(C)c1cc(CN)cc(CCNC(N)=O)c1. The van der Waals surface area contributed by atoms with Gasteiger partial charge in [-0.3, -0.25) is 0 Å². The van der Waals surface area contributed by atoms with Crippen molar-refractivity contribution in [3.8, 4) is 0 Å². The first-order valence-electron chi connectivity index (χ1n) is 5.89. The van der Waals surface area contributed by atoms with Crippen LogP contribution in [0.5, 0.6) is 0 Å². The number of nitrogens with one attached hydrogen (secondary N) is 1. The standard InChI is InChI=1S/C13H21N3O/c1-9(2)12-6-10(3-4-16-13(15)17)5-11(7-12)8-14/h5-7,9H,3-4,8,14H2,1-2H3,(H3,15,16,17). The summed E-state index contributed by atoms with van der Waals surface area (Å²) in [6.45, 7) is 5.40. The van der Waals surface area contributed by atoms with Crippen molar-refractivity contribution in [1.29, 1.82) is 0 Å². The molecule has 5 N–H and O–H groups in total. The minimum atomic E-state index is -0.482. The highest BCUT2D eigenvalue weighted by atomic mass is 16.2. The molecular weight excluding hydrogens is 214 g/mol. The van der Waals surface area contributed by atoms with E-state index in [2.05, 4.69) is 37.4 Å². The molecule has 0 aliphatic heterocycles. The Morgan fingerprint density at radius 1 is 1.29 bits per heavy atom. The van der Waals surface area contributed by atoms with E-state index >= 15 is 0 Å². The van der Waals surface area contributed by atoms with Gasteiger partial charge in [-0.25, -0.2) is 4.79 Å². The molecule has 1 aromatic carbocycles. The van der Waals surface area contributed by atoms with Gasteiger partial charge in [0.2, 0.25) is 0 Å². The van der Waals surface area contributed by atoms with Gasteiger partial charge < -0.3 is 16.8 Å². The van der Waals surface area contributed by atoms with Gasteiger partial charge in [0, 0.05) is 13.1 Å². The van der Waals surface area contributed by atoms with Crippen molar-refractivity contribution < 1.29 is 4.79 Å². The Hall–Kier alpha value is -1.55. The molecule has 94 valence electrons. The summed E-state index contributed by atoms with van der Waals surface area (Å²) in [5, 5.41) is 2.59. The van der Waals surface area contributed by atoms with Crippen LogP contribution in [0.3, 0.4) is 0 Å². The molecule has 0 fully saturated rings. The van der Waals surface area contributed by atoms with E-state index in [9.17, 15) is 4.79 Å². The third-order valence-corrected chi connectivity index (χ3v) is 2.69. The molecule has 0 bridgehead atoms. The van der Waals surface area contributed by atoms with Gasteiger partial charge in [0.25, 0.3) is 0 Å². The topological polar surface area (TPSA) is 81.1 Å². The predicted molar refractivity (Wildman–Crippen MR) is 69.7 cm³/mol. The monoisotopic (exact) mass is 235 g/mol. The Kier molecular flexibility index (Phi) is 4.97. The highest BCUT2D eigenvalue weighted by Crippen LogP contribution is 2.18. The van der Waals surface area contributed by atoms with Gasteiger partial charge in [-0.15, -0.1) is 0 Å². The molecule has 0 aromatic heterocycles. The minimum Gasteiger partial charge on any atom is -0.352 e. The van der Waals surface area contributed by atoms with Gasteiger partial charge >= 0.3 is 6.03 Å². The number of hydrogen-bond donors (Lipinski definition) is 3. The molecule has 0 radical (unpaired) electrons. The Balaban J connectivity index is 2.76. The highest BCUT2D eigenvalue weighted by Gasteiger charge is 2.04. The summed E-state index contributed by atoms with van der Waals surface area (Å²) in [6.07, 6.45) is 0.774. The molecule has 0 saturated heterocycles. The number of carbonyl (C=O) groups is 1. The Labute approximate surface area is 102 Å². The van der Waals surface area contributed by atoms with Crippen LogP contribution in [0.2, 0.25) is 0 Å². The fourth-order valence-electron chi connectivity index (χ4n) is 1.72. The first-order chi connectivity index (χ1) is 8.02. The van der Waals surface area contributed by atoms with Gasteiger partial charge in [0.1, 0.15) is 0 Å². The van der Waals surface area contributed by atoms with Crippen molar-refractivity contribution in [3.05, 3.63) is 34.9 Å². The van der Waals surface area contributed by atoms with Gasteiger partial charge in [-0.05, 0) is 29.0 Å². The molecule has 0 aliphatic carbocycles. The van der Waals surface area contributed by atoms with Crippen molar-refractivity contribution in [3.63, 3.8) is 0 Å². The zero-order chi connectivity index (χ0) is 12.8. The second kappa shape index (κ2) is 6.25. The first-order valence-corrected chi connectivity index (χ1v) is 5.89. The van der Waals surface area contributed by atoms with Crippen molar-refractivity contribution in [2.45, 2.75) is 32.7 Å². The molecule has 2 amide bonds. The summed E-state index contributed by atoms with van der Waals surface area (Å²) in [7, 11) is 0. The molecule has 17 heavy (non-hydrogen) atoms. The third-order valence-electron chi connectivity index (χ3n) is 2.69. The normalized spacial score (nSPS) is 10.6. The Morgan fingerprint density at radius 3 is 2.47 bits per heavy atom. The van der Waals surface area contributed by atoms with Crippen molar-refractivity contribution >= 4 is 6.03 Å². The average Bonchev–Trinajstić information content (AvgIpc) is 2.28. The molecular formula is C13H21N3O. The number of carbonyl (C=O) groups excluding carboxylic acids is 1. The summed E-state index contributed by atoms with van der Waals surface area (Å²) >= 11 is 0. The van der Waals surface area contributed by atoms with Gasteiger partial charge in [-0.2, -0.15) is 0 Å². The van der Waals surface area contributed by atoms with Crippen LogP contribution in [0.4, 0.5) is 4.79 Å². The van der Waals surface area contributed by atoms with Crippen LogP contribution in [0.25, 0.3) is 0 Å². The van der Waals surface area contributed by atoms with Gasteiger partial charge in [0.15, 0.2) is 0 Å². The average molecular weight is 235 g/mol. The van der Waals surface area contributed by atoms with Crippen LogP contribution in [-0.2, 0) is 13.0 Å². The van der Waals surface area contributed by atoms with Crippen molar-refractivity contribution in [1.82, 2.24) is 5.32 Å². The second-order valence-corrected chi connectivity index (χ2v) is 4.48. The van der Waals surface area contributed by atoms with Crippen LogP contribution in [0.15, 0.2) is 18.2 Å². The van der Waals surface area contributed by atoms with Crippen molar-refractivity contribution in [2.75, 3.05) is 6.54 Å². The number of primary amides is 1. The van der Waals surface area contributed by atoms with Crippen LogP contribution in [-0.4, -0.2) is 12.6 Å². The van der Waals surface area contributed by atoms with Gasteiger partial charge in [0.05, 0.1) is 0 Å². The van der Waals surface area contributed by atoms with Crippen LogP contribution in [0, 0.1) is 0 Å². The van der Waals surface area contributed by atoms with E-state index in [1.165, 1.54) is 11.1 Å². The quantitative estimate of drug-likeness (QED) is 0.722. The lowest BCUT2D eigenvalue weighted by atomic mass is 9.96. The molecule has 0 saturated carbocycles. The molecule has 1 rings (SSSR count). The fraction of sp³-hybridized carbons (Fsp3) is 0.462. The summed E-state index contributed by atoms with van der Waals surface area (Å²) < 4.78 is 0. The van der Waals surface area contributed by atoms with E-state index in [1.807, 2.05) is 0 Å². The lowest BCUT2D eigenvalue weighted by Gasteiger charge is -2.11. The van der Waals surface area contributed by atoms with Crippen molar-refractivity contribution in [2.24, 2.45) is 11.5 Å². The molecule has 4 heteroatoms. The molecule has 0 unspecified atom stereocenters. The van der Waals surface area contributed by atoms with E-state index in [-0.39, 0.29) is 0 Å². The lowest BCUT2D eigenvalue weighted by Crippen LogP contribution is -2.30. The van der Waals surface area contributed by atoms with Gasteiger partial charge in [-0.1, -0.05) is 32.0 Å². The number of nitrogens with two attached hydrogens (primary N) is 2. The van der Waals surface area contributed by atoms with Crippen LogP contribution >= 0.6 is 0 Å². The highest BCUT2D eigenvalue weighted by molar-refractivity contribution is 5.71. The van der Waals surface area contributed by atoms with E-state index in [0.29, 0.717) is 19.0 Å². The summed E-state index contributed by atoms with van der Waals surface area (Å²) in [5.74, 6) is 0.476. The summed E-state index contributed by atoms with van der Waals surface area (Å²) in [6, 6.07) is 5.89. The smallest absolute Gasteiger partial charge is 0.312 e. The zero-order valence-electron chi connectivity index (χ0n) is 10.5. The largest absolute Gasteiger partial charge is 0.352 e. The molecule has 0 heterocycles. The maximum atomic E-state index is 10.6. The molecule has 1 aromatic rings. The number of rotatable bonds is 5. The summed E-state index contributed by atoms with van der Waals surface area (Å²) in [4.78, 5) is 10.6. The second-order valence-electron chi connectivity index (χ2n) is 4.48. The molecule has 0 aliphatic rings. The number of benzene rings is 1. The summed E-state index contributed by atoms with van der Waals surface area (Å²) in [5.41, 5.74) is 14.3. The maximum absolute atomic E-state index is 10.6. The maximum Gasteiger partial charge on any atom is 0.312 e. The minimum absolute atomic E-state index is 0.476. The molecule has 0 spiro atoms. The van der Waals surface area contributed by atoms with E-state index in [4.69, 9.17) is 11.5 Å². The Bertz CT molecular complexity index is 388. The lowest BCUT2D eigenvalue weighted by molar-refractivity contribution is 0.249. The predicted octanol–water partition coefficient (Wildman–Crippen LogP) is 1.48. The van der Waals surface area contributed by atoms with E-state index in [1.54, 1.807) is 0 Å². The molecule has 0 atom stereocenters. The van der Waals surface area contributed by atoms with Crippen LogP contribution < -0.4 is 16.8 Å². The fourth-order valence-corrected chi connectivity index (χ4v) is 1.72. The number of urea groups is 1. The van der Waals surface area contributed by atoms with E-state index in [0.717, 1.165) is 12.0 Å². The molecule has 4 nitrogen and oxygen atoms in total. The van der Waals surface area contributed by atoms with E-state index < -0.39 is 6.03 Å². The van der Waals surface area contributed by atoms with Crippen LogP contribution in [0.1, 0.15) is 36.5 Å². The first kappa shape index (κ1) is 13.5.